The minimum absolute atomic E-state index is 0.281. The lowest BCUT2D eigenvalue weighted by atomic mass is 9.62. The minimum Gasteiger partial charge on any atom is -0.507 e. The van der Waals surface area contributed by atoms with Crippen LogP contribution in [0.5, 0.6) is 11.5 Å². The maximum Gasteiger partial charge on any atom is 0.454 e. The first kappa shape index (κ1) is 32.6. The Hall–Kier alpha value is -2.66. The second-order valence-electron chi connectivity index (χ2n) is 11.8. The summed E-state index contributed by atoms with van der Waals surface area (Å²) in [6.07, 6.45) is -13.8. The summed E-state index contributed by atoms with van der Waals surface area (Å²) in [5, 5.41) is 21.0. The van der Waals surface area contributed by atoms with E-state index in [4.69, 9.17) is 0 Å². The van der Waals surface area contributed by atoms with Crippen LogP contribution in [0.1, 0.15) is 74.9 Å². The summed E-state index contributed by atoms with van der Waals surface area (Å²) in [5.41, 5.74) is -13.2. The standard InChI is InChI=1S/C27H30F10O2/c1-13-9-15(11-17(19(13)38)21(3,4)5)23(24(28,29)26(32,33)34,25(30,31)27(35,36)37)16-10-14(2)20(39)18(12-16)22(6,7)8/h9-12,38-39H,1-8H3. The fourth-order valence-electron chi connectivity index (χ4n) is 4.65. The summed E-state index contributed by atoms with van der Waals surface area (Å²) in [5.74, 6) is -14.8. The lowest BCUT2D eigenvalue weighted by Crippen LogP contribution is -2.68. The van der Waals surface area contributed by atoms with E-state index in [1.54, 1.807) is 0 Å². The summed E-state index contributed by atoms with van der Waals surface area (Å²) in [6.45, 7) is 10.1. The number of aryl methyl sites for hydroxylation is 2. The normalized spacial score (nSPS) is 14.6. The first-order valence-corrected chi connectivity index (χ1v) is 11.6. The number of rotatable bonds is 4. The van der Waals surface area contributed by atoms with Crippen molar-refractivity contribution in [1.82, 2.24) is 0 Å². The molecule has 0 aromatic heterocycles. The van der Waals surface area contributed by atoms with Gasteiger partial charge in [-0.3, -0.25) is 0 Å². The molecular formula is C27H30F10O2. The van der Waals surface area contributed by atoms with Crippen molar-refractivity contribution in [2.24, 2.45) is 0 Å². The van der Waals surface area contributed by atoms with Crippen LogP contribution in [0.15, 0.2) is 24.3 Å². The fourth-order valence-corrected chi connectivity index (χ4v) is 4.65. The number of phenolic OH excluding ortho intramolecular Hbond substituents is 2. The van der Waals surface area contributed by atoms with Gasteiger partial charge in [-0.2, -0.15) is 43.9 Å². The molecule has 2 rings (SSSR count). The summed E-state index contributed by atoms with van der Waals surface area (Å²) < 4.78 is 148. The van der Waals surface area contributed by atoms with Crippen LogP contribution >= 0.6 is 0 Å². The summed E-state index contributed by atoms with van der Waals surface area (Å²) >= 11 is 0. The van der Waals surface area contributed by atoms with E-state index in [9.17, 15) is 36.6 Å². The van der Waals surface area contributed by atoms with Crippen molar-refractivity contribution in [3.63, 3.8) is 0 Å². The molecule has 0 aliphatic heterocycles. The minimum atomic E-state index is -6.90. The van der Waals surface area contributed by atoms with Crippen molar-refractivity contribution in [2.45, 2.75) is 95.8 Å². The van der Waals surface area contributed by atoms with Crippen LogP contribution < -0.4 is 0 Å². The van der Waals surface area contributed by atoms with Crippen LogP contribution in [0, 0.1) is 13.8 Å². The molecule has 2 aromatic carbocycles. The molecule has 0 atom stereocenters. The maximum absolute atomic E-state index is 15.7. The Morgan fingerprint density at radius 2 is 0.744 bits per heavy atom. The second-order valence-corrected chi connectivity index (χ2v) is 11.8. The zero-order valence-electron chi connectivity index (χ0n) is 22.5. The van der Waals surface area contributed by atoms with E-state index in [1.165, 1.54) is 41.5 Å². The Morgan fingerprint density at radius 3 is 0.949 bits per heavy atom. The van der Waals surface area contributed by atoms with Gasteiger partial charge in [-0.1, -0.05) is 65.8 Å². The largest absolute Gasteiger partial charge is 0.507 e. The van der Waals surface area contributed by atoms with Gasteiger partial charge in [0.25, 0.3) is 0 Å². The van der Waals surface area contributed by atoms with Crippen LogP contribution in [0.4, 0.5) is 43.9 Å². The summed E-state index contributed by atoms with van der Waals surface area (Å²) in [7, 11) is 0. The van der Waals surface area contributed by atoms with Crippen LogP contribution in [0.25, 0.3) is 0 Å². The zero-order chi connectivity index (χ0) is 30.9. The molecule has 0 heterocycles. The molecule has 0 spiro atoms. The molecule has 0 saturated carbocycles. The van der Waals surface area contributed by atoms with Gasteiger partial charge in [-0.25, -0.2) is 0 Å². The smallest absolute Gasteiger partial charge is 0.454 e. The van der Waals surface area contributed by atoms with Crippen molar-refractivity contribution in [1.29, 1.82) is 0 Å². The third kappa shape index (κ3) is 4.92. The third-order valence-corrected chi connectivity index (χ3v) is 6.74. The predicted molar refractivity (Wildman–Crippen MR) is 126 cm³/mol. The Bertz CT molecular complexity index is 1150. The van der Waals surface area contributed by atoms with Crippen molar-refractivity contribution in [3.8, 4) is 11.5 Å². The van der Waals surface area contributed by atoms with Crippen molar-refractivity contribution >= 4 is 0 Å². The summed E-state index contributed by atoms with van der Waals surface area (Å²) in [4.78, 5) is 0. The molecular weight excluding hydrogens is 546 g/mol. The molecule has 0 bridgehead atoms. The van der Waals surface area contributed by atoms with Crippen LogP contribution in [0.3, 0.4) is 0 Å². The number of hydrogen-bond donors (Lipinski definition) is 2. The highest BCUT2D eigenvalue weighted by molar-refractivity contribution is 5.58. The molecule has 0 fully saturated rings. The predicted octanol–water partition coefficient (Wildman–Crippen LogP) is 8.99. The molecule has 39 heavy (non-hydrogen) atoms. The van der Waals surface area contributed by atoms with Gasteiger partial charge in [0.05, 0.1) is 0 Å². The van der Waals surface area contributed by atoms with Crippen LogP contribution in [0.2, 0.25) is 0 Å². The fraction of sp³-hybridized carbons (Fsp3) is 0.556. The molecule has 0 amide bonds. The molecule has 0 radical (unpaired) electrons. The Labute approximate surface area is 219 Å². The van der Waals surface area contributed by atoms with E-state index >= 15 is 17.6 Å². The Morgan fingerprint density at radius 1 is 0.487 bits per heavy atom. The number of aromatic hydroxyl groups is 2. The first-order chi connectivity index (χ1) is 17.1. The average Bonchev–Trinajstić information content (AvgIpc) is 2.69. The van der Waals surface area contributed by atoms with Gasteiger partial charge in [0.15, 0.2) is 5.41 Å². The molecule has 220 valence electrons. The van der Waals surface area contributed by atoms with Gasteiger partial charge in [0, 0.05) is 0 Å². The monoisotopic (exact) mass is 576 g/mol. The summed E-state index contributed by atoms with van der Waals surface area (Å²) in [6, 6.07) is 1.23. The van der Waals surface area contributed by atoms with Crippen molar-refractivity contribution in [3.05, 3.63) is 57.6 Å². The van der Waals surface area contributed by atoms with E-state index in [1.807, 2.05) is 0 Å². The van der Waals surface area contributed by atoms with E-state index in [0.29, 0.717) is 12.1 Å². The molecule has 0 aliphatic carbocycles. The average molecular weight is 577 g/mol. The maximum atomic E-state index is 15.7. The second kappa shape index (κ2) is 9.19. The number of phenols is 2. The van der Waals surface area contributed by atoms with Crippen LogP contribution in [-0.2, 0) is 16.2 Å². The van der Waals surface area contributed by atoms with Crippen molar-refractivity contribution < 1.29 is 54.1 Å². The quantitative estimate of drug-likeness (QED) is 0.357. The third-order valence-electron chi connectivity index (χ3n) is 6.74. The zero-order valence-corrected chi connectivity index (χ0v) is 22.5. The van der Waals surface area contributed by atoms with Gasteiger partial charge in [-0.05, 0) is 58.1 Å². The van der Waals surface area contributed by atoms with E-state index in [0.717, 1.165) is 13.8 Å². The van der Waals surface area contributed by atoms with Gasteiger partial charge in [0.2, 0.25) is 0 Å². The highest BCUT2D eigenvalue weighted by atomic mass is 19.4. The van der Waals surface area contributed by atoms with Gasteiger partial charge in [0.1, 0.15) is 11.5 Å². The number of halogens is 10. The van der Waals surface area contributed by atoms with E-state index in [2.05, 4.69) is 0 Å². The number of benzene rings is 2. The highest BCUT2D eigenvalue weighted by Gasteiger charge is 2.85. The lowest BCUT2D eigenvalue weighted by Gasteiger charge is -2.47. The molecule has 2 nitrogen and oxygen atoms in total. The van der Waals surface area contributed by atoms with Gasteiger partial charge >= 0.3 is 24.2 Å². The first-order valence-electron chi connectivity index (χ1n) is 11.6. The van der Waals surface area contributed by atoms with Crippen molar-refractivity contribution in [2.75, 3.05) is 0 Å². The molecule has 2 N–H and O–H groups in total. The number of alkyl halides is 10. The number of hydrogen-bond acceptors (Lipinski definition) is 2. The van der Waals surface area contributed by atoms with Gasteiger partial charge in [-0.15, -0.1) is 0 Å². The molecule has 12 heteroatoms. The Balaban J connectivity index is 3.48. The SMILES string of the molecule is Cc1cc(C(c2cc(C)c(O)c(C(C)(C)C)c2)(C(F)(F)C(F)(F)F)C(F)(F)C(F)(F)F)cc(C(C)(C)C)c1O. The lowest BCUT2D eigenvalue weighted by molar-refractivity contribution is -0.375. The molecule has 0 aliphatic rings. The molecule has 0 saturated heterocycles. The topological polar surface area (TPSA) is 40.5 Å². The molecule has 0 unspecified atom stereocenters. The van der Waals surface area contributed by atoms with E-state index < -0.39 is 85.3 Å². The van der Waals surface area contributed by atoms with Crippen LogP contribution in [-0.4, -0.2) is 34.4 Å². The highest BCUT2D eigenvalue weighted by Crippen LogP contribution is 2.65. The van der Waals surface area contributed by atoms with Gasteiger partial charge < -0.3 is 10.2 Å². The molecule has 2 aromatic rings. The Kier molecular flexibility index (Phi) is 7.67. The van der Waals surface area contributed by atoms with E-state index in [-0.39, 0.29) is 12.1 Å².